The maximum absolute atomic E-state index is 11.9. The zero-order valence-corrected chi connectivity index (χ0v) is 13.0. The molecule has 1 N–H and O–H groups in total. The Kier molecular flexibility index (Phi) is 5.62. The fourth-order valence-electron chi connectivity index (χ4n) is 2.19. The summed E-state index contributed by atoms with van der Waals surface area (Å²) in [6.45, 7) is 12.4. The van der Waals surface area contributed by atoms with Gasteiger partial charge in [-0.2, -0.15) is 0 Å². The number of hydrogen-bond donors (Lipinski definition) is 1. The fourth-order valence-corrected chi connectivity index (χ4v) is 3.21. The van der Waals surface area contributed by atoms with E-state index in [0.29, 0.717) is 12.5 Å². The standard InChI is InChI=1S/C13H28N2O2S/c1-5-15-8-6-12(11-15)10-14-7-9-18(16,17)13(2,3)4/h12,14H,5-11H2,1-4H3. The van der Waals surface area contributed by atoms with E-state index in [4.69, 9.17) is 0 Å². The first kappa shape index (κ1) is 15.9. The van der Waals surface area contributed by atoms with E-state index in [9.17, 15) is 8.42 Å². The van der Waals surface area contributed by atoms with Crippen molar-refractivity contribution in [1.29, 1.82) is 0 Å². The van der Waals surface area contributed by atoms with Gasteiger partial charge in [0.05, 0.1) is 10.5 Å². The summed E-state index contributed by atoms with van der Waals surface area (Å²) in [5.74, 6) is 0.919. The van der Waals surface area contributed by atoms with Crippen LogP contribution in [0.4, 0.5) is 0 Å². The first-order chi connectivity index (χ1) is 8.26. The molecule has 1 atom stereocenters. The van der Waals surface area contributed by atoms with Gasteiger partial charge >= 0.3 is 0 Å². The predicted molar refractivity (Wildman–Crippen MR) is 76.6 cm³/mol. The van der Waals surface area contributed by atoms with Crippen LogP contribution in [0.3, 0.4) is 0 Å². The average molecular weight is 276 g/mol. The molecule has 1 rings (SSSR count). The van der Waals surface area contributed by atoms with E-state index in [2.05, 4.69) is 17.1 Å². The van der Waals surface area contributed by atoms with Crippen LogP contribution in [0, 0.1) is 5.92 Å². The van der Waals surface area contributed by atoms with E-state index >= 15 is 0 Å². The van der Waals surface area contributed by atoms with Crippen molar-refractivity contribution in [3.8, 4) is 0 Å². The fraction of sp³-hybridized carbons (Fsp3) is 1.00. The Hall–Kier alpha value is -0.130. The molecule has 1 aliphatic rings. The molecular formula is C13H28N2O2S. The minimum Gasteiger partial charge on any atom is -0.315 e. The minimum atomic E-state index is -2.98. The van der Waals surface area contributed by atoms with Crippen molar-refractivity contribution < 1.29 is 8.42 Å². The van der Waals surface area contributed by atoms with Crippen LogP contribution in [0.2, 0.25) is 0 Å². The molecule has 0 amide bonds. The third-order valence-electron chi connectivity index (χ3n) is 3.73. The Labute approximate surface area is 112 Å². The van der Waals surface area contributed by atoms with Crippen LogP contribution in [-0.2, 0) is 9.84 Å². The maximum atomic E-state index is 11.9. The highest BCUT2D eigenvalue weighted by Gasteiger charge is 2.28. The van der Waals surface area contributed by atoms with Crippen molar-refractivity contribution in [3.63, 3.8) is 0 Å². The van der Waals surface area contributed by atoms with E-state index in [1.165, 1.54) is 13.0 Å². The van der Waals surface area contributed by atoms with Gasteiger partial charge in [-0.25, -0.2) is 8.42 Å². The molecule has 0 spiro atoms. The highest BCUT2D eigenvalue weighted by Crippen LogP contribution is 2.16. The average Bonchev–Trinajstić information content (AvgIpc) is 2.70. The lowest BCUT2D eigenvalue weighted by Crippen LogP contribution is -2.36. The van der Waals surface area contributed by atoms with Gasteiger partial charge in [-0.1, -0.05) is 6.92 Å². The molecule has 0 aromatic carbocycles. The van der Waals surface area contributed by atoms with Gasteiger partial charge in [0.1, 0.15) is 0 Å². The van der Waals surface area contributed by atoms with Gasteiger partial charge in [0.15, 0.2) is 9.84 Å². The number of likely N-dealkylation sites (tertiary alicyclic amines) is 1. The molecule has 0 saturated carbocycles. The van der Waals surface area contributed by atoms with Gasteiger partial charge in [0, 0.05) is 13.1 Å². The third-order valence-corrected chi connectivity index (χ3v) is 6.34. The van der Waals surface area contributed by atoms with Crippen LogP contribution in [0.1, 0.15) is 34.1 Å². The number of sulfone groups is 1. The maximum Gasteiger partial charge on any atom is 0.156 e. The lowest BCUT2D eigenvalue weighted by molar-refractivity contribution is 0.339. The highest BCUT2D eigenvalue weighted by molar-refractivity contribution is 7.92. The van der Waals surface area contributed by atoms with Gasteiger partial charge in [0.25, 0.3) is 0 Å². The predicted octanol–water partition coefficient (Wildman–Crippen LogP) is 1.13. The number of hydrogen-bond acceptors (Lipinski definition) is 4. The number of nitrogens with zero attached hydrogens (tertiary/aromatic N) is 1. The van der Waals surface area contributed by atoms with Crippen LogP contribution < -0.4 is 5.32 Å². The molecule has 1 unspecified atom stereocenters. The SMILES string of the molecule is CCN1CCC(CNCCS(=O)(=O)C(C)(C)C)C1. The second-order valence-electron chi connectivity index (χ2n) is 6.18. The van der Waals surface area contributed by atoms with Crippen molar-refractivity contribution in [1.82, 2.24) is 10.2 Å². The quantitative estimate of drug-likeness (QED) is 0.739. The molecule has 0 radical (unpaired) electrons. The van der Waals surface area contributed by atoms with Crippen molar-refractivity contribution in [2.24, 2.45) is 5.92 Å². The Morgan fingerprint density at radius 3 is 2.50 bits per heavy atom. The monoisotopic (exact) mass is 276 g/mol. The summed E-state index contributed by atoms with van der Waals surface area (Å²) in [7, 11) is -2.98. The smallest absolute Gasteiger partial charge is 0.156 e. The zero-order valence-electron chi connectivity index (χ0n) is 12.2. The first-order valence-corrected chi connectivity index (χ1v) is 8.57. The van der Waals surface area contributed by atoms with Gasteiger partial charge in [-0.15, -0.1) is 0 Å². The summed E-state index contributed by atoms with van der Waals surface area (Å²) >= 11 is 0. The van der Waals surface area contributed by atoms with Crippen molar-refractivity contribution in [3.05, 3.63) is 0 Å². The van der Waals surface area contributed by atoms with Crippen molar-refractivity contribution in [2.75, 3.05) is 38.5 Å². The van der Waals surface area contributed by atoms with Crippen molar-refractivity contribution in [2.45, 2.75) is 38.9 Å². The van der Waals surface area contributed by atoms with Gasteiger partial charge in [-0.3, -0.25) is 0 Å². The molecule has 1 fully saturated rings. The molecular weight excluding hydrogens is 248 g/mol. The zero-order chi connectivity index (χ0) is 13.8. The highest BCUT2D eigenvalue weighted by atomic mass is 32.2. The molecule has 0 aliphatic carbocycles. The first-order valence-electron chi connectivity index (χ1n) is 6.91. The van der Waals surface area contributed by atoms with Gasteiger partial charge in [0.2, 0.25) is 0 Å². The molecule has 0 aromatic rings. The summed E-state index contributed by atoms with van der Waals surface area (Å²) < 4.78 is 23.2. The summed E-state index contributed by atoms with van der Waals surface area (Å²) in [5.41, 5.74) is 0. The van der Waals surface area contributed by atoms with Crippen LogP contribution in [0.15, 0.2) is 0 Å². The normalized spacial score (nSPS) is 22.6. The van der Waals surface area contributed by atoms with E-state index in [1.54, 1.807) is 20.8 Å². The topological polar surface area (TPSA) is 49.4 Å². The lowest BCUT2D eigenvalue weighted by Gasteiger charge is -2.19. The number of nitrogens with one attached hydrogen (secondary N) is 1. The molecule has 5 heteroatoms. The largest absolute Gasteiger partial charge is 0.315 e. The molecule has 1 aliphatic heterocycles. The van der Waals surface area contributed by atoms with E-state index in [1.807, 2.05) is 0 Å². The summed E-state index contributed by atoms with van der Waals surface area (Å²) in [5, 5.41) is 3.29. The molecule has 18 heavy (non-hydrogen) atoms. The van der Waals surface area contributed by atoms with E-state index in [-0.39, 0.29) is 5.75 Å². The molecule has 1 saturated heterocycles. The Bertz CT molecular complexity index is 346. The Morgan fingerprint density at radius 1 is 1.33 bits per heavy atom. The third kappa shape index (κ3) is 4.52. The minimum absolute atomic E-state index is 0.237. The summed E-state index contributed by atoms with van der Waals surface area (Å²) in [6.07, 6.45) is 1.23. The Balaban J connectivity index is 2.20. The summed E-state index contributed by atoms with van der Waals surface area (Å²) in [6, 6.07) is 0. The lowest BCUT2D eigenvalue weighted by atomic mass is 10.1. The molecule has 108 valence electrons. The van der Waals surface area contributed by atoms with Crippen molar-refractivity contribution >= 4 is 9.84 Å². The van der Waals surface area contributed by atoms with Crippen LogP contribution >= 0.6 is 0 Å². The van der Waals surface area contributed by atoms with Crippen LogP contribution in [-0.4, -0.2) is 56.5 Å². The second kappa shape index (κ2) is 6.35. The van der Waals surface area contributed by atoms with Gasteiger partial charge < -0.3 is 10.2 Å². The molecule has 0 aromatic heterocycles. The summed E-state index contributed by atoms with van der Waals surface area (Å²) in [4.78, 5) is 2.44. The van der Waals surface area contributed by atoms with Gasteiger partial charge in [-0.05, 0) is 52.7 Å². The van der Waals surface area contributed by atoms with Crippen LogP contribution in [0.25, 0.3) is 0 Å². The molecule has 4 nitrogen and oxygen atoms in total. The van der Waals surface area contributed by atoms with Crippen LogP contribution in [0.5, 0.6) is 0 Å². The molecule has 0 bridgehead atoms. The molecule has 1 heterocycles. The second-order valence-corrected chi connectivity index (χ2v) is 9.05. The Morgan fingerprint density at radius 2 is 2.00 bits per heavy atom. The number of rotatable bonds is 6. The van der Waals surface area contributed by atoms with E-state index in [0.717, 1.165) is 19.6 Å². The van der Waals surface area contributed by atoms with E-state index < -0.39 is 14.6 Å².